The summed E-state index contributed by atoms with van der Waals surface area (Å²) in [6.45, 7) is 6.97. The molecular weight excluding hydrogens is 516 g/mol. The number of hydrogen-bond acceptors (Lipinski definition) is 7. The Kier molecular flexibility index (Phi) is 8.71. The van der Waals surface area contributed by atoms with Gasteiger partial charge in [0.15, 0.2) is 5.78 Å². The number of guanidine groups is 1. The van der Waals surface area contributed by atoms with Crippen molar-refractivity contribution >= 4 is 30.0 Å². The standard InChI is InChI=1S/C29H34N4O7/c1-19-23(30-27(36)40-29(2,3)4)24-22(34)15-16-32(24)25(31-26(35)38-17-20-11-7-5-8-12-20)33(19)28(37)39-18-21-13-9-6-10-14-21/h5-14,19,23-24H,15-18H2,1-4H3,(H,30,36)/b31-25+/t19-,23-,24+/m1/s1. The molecule has 0 aliphatic carbocycles. The zero-order chi connectivity index (χ0) is 28.9. The number of ketones is 1. The van der Waals surface area contributed by atoms with Crippen LogP contribution in [0.25, 0.3) is 0 Å². The predicted octanol–water partition coefficient (Wildman–Crippen LogP) is 4.26. The van der Waals surface area contributed by atoms with Crippen molar-refractivity contribution in [3.8, 4) is 0 Å². The van der Waals surface area contributed by atoms with E-state index < -0.39 is 42.0 Å². The monoisotopic (exact) mass is 550 g/mol. The second-order valence-corrected chi connectivity index (χ2v) is 10.6. The van der Waals surface area contributed by atoms with E-state index in [0.29, 0.717) is 0 Å². The summed E-state index contributed by atoms with van der Waals surface area (Å²) in [4.78, 5) is 58.9. The molecule has 3 amide bonds. The summed E-state index contributed by atoms with van der Waals surface area (Å²) in [6, 6.07) is 15.7. The summed E-state index contributed by atoms with van der Waals surface area (Å²) in [6.07, 6.45) is -2.30. The summed E-state index contributed by atoms with van der Waals surface area (Å²) in [7, 11) is 0. The third-order valence-electron chi connectivity index (χ3n) is 6.49. The second-order valence-electron chi connectivity index (χ2n) is 10.6. The zero-order valence-corrected chi connectivity index (χ0v) is 23.0. The summed E-state index contributed by atoms with van der Waals surface area (Å²) in [5.74, 6) is -0.225. The highest BCUT2D eigenvalue weighted by Crippen LogP contribution is 2.30. The van der Waals surface area contributed by atoms with Crippen molar-refractivity contribution in [3.05, 3.63) is 71.8 Å². The van der Waals surface area contributed by atoms with E-state index in [1.807, 2.05) is 48.5 Å². The van der Waals surface area contributed by atoms with Crippen LogP contribution < -0.4 is 5.32 Å². The van der Waals surface area contributed by atoms with Crippen LogP contribution in [0.5, 0.6) is 0 Å². The minimum Gasteiger partial charge on any atom is -0.444 e. The van der Waals surface area contributed by atoms with Gasteiger partial charge in [0.25, 0.3) is 0 Å². The zero-order valence-electron chi connectivity index (χ0n) is 23.0. The van der Waals surface area contributed by atoms with Gasteiger partial charge in [-0.1, -0.05) is 60.7 Å². The van der Waals surface area contributed by atoms with Crippen molar-refractivity contribution < 1.29 is 33.4 Å². The molecule has 11 nitrogen and oxygen atoms in total. The molecule has 0 aromatic heterocycles. The molecule has 40 heavy (non-hydrogen) atoms. The molecule has 2 aliphatic rings. The van der Waals surface area contributed by atoms with Gasteiger partial charge in [0.2, 0.25) is 5.96 Å². The lowest BCUT2D eigenvalue weighted by atomic mass is 9.94. The quantitative estimate of drug-likeness (QED) is 0.548. The van der Waals surface area contributed by atoms with E-state index >= 15 is 0 Å². The van der Waals surface area contributed by atoms with Gasteiger partial charge in [-0.3, -0.25) is 4.79 Å². The molecule has 4 rings (SSSR count). The number of rotatable bonds is 5. The van der Waals surface area contributed by atoms with Crippen molar-refractivity contribution in [3.63, 3.8) is 0 Å². The number of carbonyl (C=O) groups is 4. The van der Waals surface area contributed by atoms with Gasteiger partial charge in [-0.15, -0.1) is 4.99 Å². The highest BCUT2D eigenvalue weighted by Gasteiger charge is 2.53. The first-order valence-corrected chi connectivity index (χ1v) is 13.1. The van der Waals surface area contributed by atoms with Gasteiger partial charge >= 0.3 is 18.3 Å². The van der Waals surface area contributed by atoms with E-state index in [2.05, 4.69) is 10.3 Å². The number of benzene rings is 2. The number of hydrogen-bond donors (Lipinski definition) is 1. The molecule has 2 aromatic rings. The first-order valence-electron chi connectivity index (χ1n) is 13.1. The second kappa shape index (κ2) is 12.2. The lowest BCUT2D eigenvalue weighted by Gasteiger charge is -2.47. The average molecular weight is 551 g/mol. The Labute approximate surface area is 233 Å². The van der Waals surface area contributed by atoms with Crippen molar-refractivity contribution in [1.82, 2.24) is 15.1 Å². The number of aliphatic imine (C=N–C) groups is 1. The van der Waals surface area contributed by atoms with Crippen LogP contribution in [0.15, 0.2) is 65.7 Å². The van der Waals surface area contributed by atoms with Gasteiger partial charge in [-0.05, 0) is 38.8 Å². The third-order valence-corrected chi connectivity index (χ3v) is 6.49. The van der Waals surface area contributed by atoms with Gasteiger partial charge < -0.3 is 24.4 Å². The highest BCUT2D eigenvalue weighted by molar-refractivity contribution is 6.04. The van der Waals surface area contributed by atoms with Crippen molar-refractivity contribution in [2.75, 3.05) is 6.54 Å². The first kappa shape index (κ1) is 28.6. The molecular formula is C29H34N4O7. The number of amides is 3. The molecule has 0 unspecified atom stereocenters. The summed E-state index contributed by atoms with van der Waals surface area (Å²) < 4.78 is 16.3. The molecule has 2 aromatic carbocycles. The molecule has 1 N–H and O–H groups in total. The Morgan fingerprint density at radius 1 is 0.950 bits per heavy atom. The van der Waals surface area contributed by atoms with E-state index in [9.17, 15) is 19.2 Å². The number of ether oxygens (including phenoxy) is 3. The first-order chi connectivity index (χ1) is 19.0. The molecule has 0 spiro atoms. The largest absolute Gasteiger partial charge is 0.444 e. The van der Waals surface area contributed by atoms with Crippen molar-refractivity contribution in [2.24, 2.45) is 4.99 Å². The lowest BCUT2D eigenvalue weighted by Crippen LogP contribution is -2.71. The van der Waals surface area contributed by atoms with Crippen LogP contribution in [-0.2, 0) is 32.2 Å². The smallest absolute Gasteiger partial charge is 0.437 e. The highest BCUT2D eigenvalue weighted by atomic mass is 16.6. The maximum Gasteiger partial charge on any atom is 0.437 e. The molecule has 212 valence electrons. The molecule has 2 fully saturated rings. The van der Waals surface area contributed by atoms with Crippen LogP contribution in [0.1, 0.15) is 45.2 Å². The van der Waals surface area contributed by atoms with Gasteiger partial charge in [0.05, 0.1) is 12.1 Å². The van der Waals surface area contributed by atoms with E-state index in [1.165, 1.54) is 9.80 Å². The minimum absolute atomic E-state index is 0.0182. The van der Waals surface area contributed by atoms with Crippen LogP contribution in [0, 0.1) is 0 Å². The molecule has 2 aliphatic heterocycles. The molecule has 2 saturated heterocycles. The fourth-order valence-corrected chi connectivity index (χ4v) is 4.69. The van der Waals surface area contributed by atoms with Crippen molar-refractivity contribution in [1.29, 1.82) is 0 Å². The molecule has 0 radical (unpaired) electrons. The summed E-state index contributed by atoms with van der Waals surface area (Å²) >= 11 is 0. The Bertz CT molecular complexity index is 1260. The summed E-state index contributed by atoms with van der Waals surface area (Å²) in [5, 5.41) is 2.76. The number of nitrogens with zero attached hydrogens (tertiary/aromatic N) is 3. The molecule has 0 bridgehead atoms. The SMILES string of the molecule is C[C@@H]1[C@@H](NC(=O)OC(C)(C)C)[C@@H]2C(=O)CCN2/C(=N\C(=O)OCc2ccccc2)N1C(=O)OCc1ccccc1. The third kappa shape index (κ3) is 6.96. The van der Waals surface area contributed by atoms with Crippen molar-refractivity contribution in [2.45, 2.75) is 71.1 Å². The number of nitrogens with one attached hydrogen (secondary N) is 1. The van der Waals surface area contributed by atoms with Crippen LogP contribution in [0.4, 0.5) is 14.4 Å². The topological polar surface area (TPSA) is 127 Å². The maximum absolute atomic E-state index is 13.5. The Balaban J connectivity index is 1.62. The van der Waals surface area contributed by atoms with E-state index in [4.69, 9.17) is 14.2 Å². The normalized spacial score (nSPS) is 21.6. The fraction of sp³-hybridized carbons (Fsp3) is 0.414. The van der Waals surface area contributed by atoms with E-state index in [1.54, 1.807) is 39.8 Å². The number of alkyl carbamates (subject to hydrolysis) is 1. The Hall–Kier alpha value is -4.41. The predicted molar refractivity (Wildman–Crippen MR) is 145 cm³/mol. The molecule has 0 saturated carbocycles. The van der Waals surface area contributed by atoms with Gasteiger partial charge in [-0.2, -0.15) is 0 Å². The minimum atomic E-state index is -0.927. The van der Waals surface area contributed by atoms with Crippen LogP contribution >= 0.6 is 0 Å². The summed E-state index contributed by atoms with van der Waals surface area (Å²) in [5.41, 5.74) is 0.757. The van der Waals surface area contributed by atoms with Gasteiger partial charge in [0.1, 0.15) is 24.9 Å². The number of fused-ring (bicyclic) bond motifs is 1. The van der Waals surface area contributed by atoms with Crippen LogP contribution in [0.3, 0.4) is 0 Å². The van der Waals surface area contributed by atoms with Gasteiger partial charge in [-0.25, -0.2) is 19.3 Å². The Morgan fingerprint density at radius 2 is 1.52 bits per heavy atom. The number of Topliss-reactive ketones (excluding diaryl/α,β-unsaturated/α-hetero) is 1. The van der Waals surface area contributed by atoms with E-state index in [0.717, 1.165) is 11.1 Å². The Morgan fingerprint density at radius 3 is 2.10 bits per heavy atom. The van der Waals surface area contributed by atoms with Crippen LogP contribution in [-0.4, -0.2) is 70.1 Å². The van der Waals surface area contributed by atoms with Gasteiger partial charge in [0, 0.05) is 13.0 Å². The average Bonchev–Trinajstić information content (AvgIpc) is 3.30. The molecule has 2 heterocycles. The molecule has 11 heteroatoms. The van der Waals surface area contributed by atoms with E-state index in [-0.39, 0.29) is 37.9 Å². The number of carbonyl (C=O) groups excluding carboxylic acids is 4. The lowest BCUT2D eigenvalue weighted by molar-refractivity contribution is -0.121. The maximum atomic E-state index is 13.5. The van der Waals surface area contributed by atoms with Crippen LogP contribution in [0.2, 0.25) is 0 Å². The molecule has 3 atom stereocenters. The fourth-order valence-electron chi connectivity index (χ4n) is 4.69.